The van der Waals surface area contributed by atoms with Gasteiger partial charge in [0.1, 0.15) is 0 Å². The summed E-state index contributed by atoms with van der Waals surface area (Å²) >= 11 is 0. The molecule has 0 spiro atoms. The Morgan fingerprint density at radius 3 is 1.76 bits per heavy atom. The molecule has 3 aliphatic carbocycles. The third kappa shape index (κ3) is 5.82. The number of allylic oxidation sites excluding steroid dienone is 6. The monoisotopic (exact) mass is 642 g/mol. The first-order valence-electron chi connectivity index (χ1n) is 17.9. The maximum Gasteiger partial charge on any atom is 0.0702 e. The summed E-state index contributed by atoms with van der Waals surface area (Å²) in [7, 11) is 0. The van der Waals surface area contributed by atoms with Gasteiger partial charge in [-0.25, -0.2) is 0 Å². The summed E-state index contributed by atoms with van der Waals surface area (Å²) < 4.78 is 0. The van der Waals surface area contributed by atoms with Gasteiger partial charge in [-0.05, 0) is 147 Å². The number of nitrogens with zero attached hydrogens (tertiary/aromatic N) is 2. The lowest BCUT2D eigenvalue weighted by Crippen LogP contribution is -2.37. The van der Waals surface area contributed by atoms with E-state index in [2.05, 4.69) is 187 Å². The van der Waals surface area contributed by atoms with Crippen molar-refractivity contribution in [1.29, 1.82) is 0 Å². The maximum atomic E-state index is 2.61. The molecule has 0 bridgehead atoms. The topological polar surface area (TPSA) is 6.48 Å². The Morgan fingerprint density at radius 1 is 0.592 bits per heavy atom. The summed E-state index contributed by atoms with van der Waals surface area (Å²) in [5, 5.41) is 0. The molecule has 49 heavy (non-hydrogen) atoms. The number of anilines is 3. The van der Waals surface area contributed by atoms with Gasteiger partial charge in [-0.1, -0.05) is 92.3 Å². The predicted octanol–water partition coefficient (Wildman–Crippen LogP) is 12.5. The van der Waals surface area contributed by atoms with Gasteiger partial charge >= 0.3 is 0 Å². The van der Waals surface area contributed by atoms with Gasteiger partial charge in [0.15, 0.2) is 0 Å². The fraction of sp³-hybridized carbons (Fsp3) is 0.277. The van der Waals surface area contributed by atoms with Crippen molar-refractivity contribution in [3.8, 4) is 0 Å². The molecule has 0 amide bonds. The van der Waals surface area contributed by atoms with E-state index in [0.717, 1.165) is 0 Å². The SMILES string of the molecule is CC1=CC(N(C2=C3C=CC=CC3C(N(c3ccc(C)c(C)c3)c3ccc(C)c(C)c3)c3ccccc32)c2ccc(C)c(C)c2)=CC(C)C1C. The smallest absolute Gasteiger partial charge is 0.0702 e. The second-order valence-electron chi connectivity index (χ2n) is 14.7. The second kappa shape index (κ2) is 12.9. The molecule has 7 rings (SSSR count). The van der Waals surface area contributed by atoms with E-state index >= 15 is 0 Å². The van der Waals surface area contributed by atoms with Crippen LogP contribution in [0.25, 0.3) is 5.70 Å². The van der Waals surface area contributed by atoms with E-state index in [1.165, 1.54) is 84.1 Å². The van der Waals surface area contributed by atoms with Crippen LogP contribution in [0.15, 0.2) is 132 Å². The lowest BCUT2D eigenvalue weighted by molar-refractivity contribution is 0.517. The average molecular weight is 643 g/mol. The Bertz CT molecular complexity index is 2050. The Balaban J connectivity index is 1.51. The normalized spacial score (nSPS) is 21.2. The van der Waals surface area contributed by atoms with Crippen LogP contribution in [0.1, 0.15) is 71.3 Å². The molecule has 0 heterocycles. The van der Waals surface area contributed by atoms with E-state index in [9.17, 15) is 0 Å². The summed E-state index contributed by atoms with van der Waals surface area (Å²) in [4.78, 5) is 5.17. The number of hydrogen-bond acceptors (Lipinski definition) is 2. The number of fused-ring (bicyclic) bond motifs is 2. The molecule has 248 valence electrons. The molecule has 3 aliphatic rings. The number of hydrogen-bond donors (Lipinski definition) is 0. The highest BCUT2D eigenvalue weighted by molar-refractivity contribution is 5.91. The van der Waals surface area contributed by atoms with Gasteiger partial charge in [0, 0.05) is 34.2 Å². The van der Waals surface area contributed by atoms with Crippen LogP contribution in [0.2, 0.25) is 0 Å². The minimum absolute atomic E-state index is 0.0542. The molecule has 0 aliphatic heterocycles. The van der Waals surface area contributed by atoms with Crippen LogP contribution in [0.4, 0.5) is 17.1 Å². The maximum absolute atomic E-state index is 2.61. The van der Waals surface area contributed by atoms with Crippen LogP contribution in [0, 0.1) is 59.3 Å². The fourth-order valence-corrected chi connectivity index (χ4v) is 7.81. The first kappa shape index (κ1) is 32.7. The van der Waals surface area contributed by atoms with Crippen molar-refractivity contribution in [2.24, 2.45) is 17.8 Å². The number of benzene rings is 4. The Morgan fingerprint density at radius 2 is 1.16 bits per heavy atom. The van der Waals surface area contributed by atoms with E-state index in [0.29, 0.717) is 11.8 Å². The molecule has 4 unspecified atom stereocenters. The van der Waals surface area contributed by atoms with Gasteiger partial charge in [0.2, 0.25) is 0 Å². The summed E-state index contributed by atoms with van der Waals surface area (Å²) in [6, 6.07) is 30.1. The second-order valence-corrected chi connectivity index (χ2v) is 14.7. The van der Waals surface area contributed by atoms with Gasteiger partial charge in [0.25, 0.3) is 0 Å². The zero-order chi connectivity index (χ0) is 34.6. The molecule has 2 heteroatoms. The van der Waals surface area contributed by atoms with Gasteiger partial charge in [0.05, 0.1) is 11.7 Å². The van der Waals surface area contributed by atoms with Crippen molar-refractivity contribution in [3.63, 3.8) is 0 Å². The largest absolute Gasteiger partial charge is 0.333 e. The minimum atomic E-state index is 0.0542. The molecule has 4 aromatic rings. The number of aryl methyl sites for hydroxylation is 6. The van der Waals surface area contributed by atoms with E-state index in [4.69, 9.17) is 0 Å². The zero-order valence-electron chi connectivity index (χ0n) is 30.7. The fourth-order valence-electron chi connectivity index (χ4n) is 7.81. The highest BCUT2D eigenvalue weighted by atomic mass is 15.2. The molecule has 0 fully saturated rings. The van der Waals surface area contributed by atoms with E-state index in [-0.39, 0.29) is 12.0 Å². The van der Waals surface area contributed by atoms with Gasteiger partial charge in [-0.2, -0.15) is 0 Å². The van der Waals surface area contributed by atoms with Gasteiger partial charge in [-0.15, -0.1) is 0 Å². The molecule has 2 nitrogen and oxygen atoms in total. The molecule has 0 saturated carbocycles. The first-order valence-corrected chi connectivity index (χ1v) is 17.9. The quantitative estimate of drug-likeness (QED) is 0.206. The zero-order valence-corrected chi connectivity index (χ0v) is 30.7. The third-order valence-corrected chi connectivity index (χ3v) is 11.6. The van der Waals surface area contributed by atoms with Crippen molar-refractivity contribution in [3.05, 3.63) is 177 Å². The van der Waals surface area contributed by atoms with Crippen LogP contribution in [0.3, 0.4) is 0 Å². The van der Waals surface area contributed by atoms with Crippen LogP contribution in [-0.4, -0.2) is 0 Å². The minimum Gasteiger partial charge on any atom is -0.333 e. The summed E-state index contributed by atoms with van der Waals surface area (Å²) in [6.45, 7) is 20.3. The van der Waals surface area contributed by atoms with Crippen molar-refractivity contribution >= 4 is 22.8 Å². The first-order chi connectivity index (χ1) is 23.5. The Labute approximate surface area is 294 Å². The Hall–Kier alpha value is -4.82. The van der Waals surface area contributed by atoms with E-state index in [1.54, 1.807) is 0 Å². The summed E-state index contributed by atoms with van der Waals surface area (Å²) in [5.41, 5.74) is 19.4. The lowest BCUT2D eigenvalue weighted by atomic mass is 9.73. The average Bonchev–Trinajstić information content (AvgIpc) is 3.09. The van der Waals surface area contributed by atoms with Crippen molar-refractivity contribution in [2.75, 3.05) is 9.80 Å². The van der Waals surface area contributed by atoms with Gasteiger partial charge in [-0.3, -0.25) is 0 Å². The van der Waals surface area contributed by atoms with Crippen molar-refractivity contribution in [2.45, 2.75) is 68.4 Å². The molecular formula is C47H50N2. The van der Waals surface area contributed by atoms with E-state index < -0.39 is 0 Å². The van der Waals surface area contributed by atoms with Crippen molar-refractivity contribution in [1.82, 2.24) is 0 Å². The highest BCUT2D eigenvalue weighted by Gasteiger charge is 2.41. The van der Waals surface area contributed by atoms with Gasteiger partial charge < -0.3 is 9.80 Å². The molecular weight excluding hydrogens is 593 g/mol. The Kier molecular flexibility index (Phi) is 8.61. The molecule has 0 aromatic heterocycles. The van der Waals surface area contributed by atoms with Crippen LogP contribution in [-0.2, 0) is 0 Å². The third-order valence-electron chi connectivity index (χ3n) is 11.6. The van der Waals surface area contributed by atoms with Crippen LogP contribution in [0.5, 0.6) is 0 Å². The van der Waals surface area contributed by atoms with E-state index in [1.807, 2.05) is 0 Å². The van der Waals surface area contributed by atoms with Crippen molar-refractivity contribution < 1.29 is 0 Å². The lowest BCUT2D eigenvalue weighted by Gasteiger charge is -2.46. The summed E-state index contributed by atoms with van der Waals surface area (Å²) in [6.07, 6.45) is 14.2. The molecule has 4 aromatic carbocycles. The summed E-state index contributed by atoms with van der Waals surface area (Å²) in [5.74, 6) is 1.08. The van der Waals surface area contributed by atoms with Crippen LogP contribution >= 0.6 is 0 Å². The molecule has 0 saturated heterocycles. The van der Waals surface area contributed by atoms with Crippen LogP contribution < -0.4 is 9.80 Å². The standard InChI is InChI=1S/C47H50N2/c1-29-18-21-38(24-32(29)4)48(39-22-19-30(2)33(5)25-39)46-42-14-10-12-16-44(42)47(45-17-13-11-15-43(45)46)49(40-23-20-31(3)34(6)26-40)41-27-35(7)37(9)36(8)28-41/h10-28,35,37,42,46H,1-9H3. The predicted molar refractivity (Wildman–Crippen MR) is 210 cm³/mol. The number of rotatable bonds is 6. The molecule has 0 N–H and O–H groups in total. The molecule has 0 radical (unpaired) electrons. The molecule has 4 atom stereocenters. The highest BCUT2D eigenvalue weighted by Crippen LogP contribution is 2.53.